The molecule has 3 N–H and O–H groups in total. The number of esters is 1. The zero-order valence-corrected chi connectivity index (χ0v) is 18.8. The van der Waals surface area contributed by atoms with Crippen LogP contribution in [0.2, 0.25) is 0 Å². The van der Waals surface area contributed by atoms with Crippen LogP contribution in [-0.2, 0) is 14.3 Å². The Balaban J connectivity index is 1.88. The average molecular weight is 429 g/mol. The minimum Gasteiger partial charge on any atom is -0.463 e. The highest BCUT2D eigenvalue weighted by Gasteiger charge is 2.38. The van der Waals surface area contributed by atoms with Crippen LogP contribution in [0.3, 0.4) is 0 Å². The third-order valence-corrected chi connectivity index (χ3v) is 5.66. The molecular formula is C24H44O6. The van der Waals surface area contributed by atoms with Crippen molar-refractivity contribution in [3.63, 3.8) is 0 Å². The van der Waals surface area contributed by atoms with Crippen LogP contribution in [0.15, 0.2) is 12.2 Å². The zero-order valence-electron chi connectivity index (χ0n) is 18.8. The highest BCUT2D eigenvalue weighted by atomic mass is 16.6. The highest BCUT2D eigenvalue weighted by molar-refractivity contribution is 5.69. The van der Waals surface area contributed by atoms with Crippen LogP contribution < -0.4 is 0 Å². The zero-order chi connectivity index (χ0) is 22.0. The van der Waals surface area contributed by atoms with E-state index in [1.54, 1.807) is 0 Å². The maximum absolute atomic E-state index is 11.8. The van der Waals surface area contributed by atoms with Crippen molar-refractivity contribution < 1.29 is 29.6 Å². The molecule has 0 aromatic carbocycles. The molecule has 0 unspecified atom stereocenters. The lowest BCUT2D eigenvalue weighted by Crippen LogP contribution is -2.54. The van der Waals surface area contributed by atoms with Crippen molar-refractivity contribution in [2.24, 2.45) is 0 Å². The monoisotopic (exact) mass is 428 g/mol. The molecule has 30 heavy (non-hydrogen) atoms. The molecule has 1 aliphatic rings. The topological polar surface area (TPSA) is 96.2 Å². The molecule has 1 aliphatic heterocycles. The second kappa shape index (κ2) is 17.7. The minimum absolute atomic E-state index is 0.0747. The molecule has 0 spiro atoms. The highest BCUT2D eigenvalue weighted by Crippen LogP contribution is 2.16. The quantitative estimate of drug-likeness (QED) is 0.184. The van der Waals surface area contributed by atoms with Gasteiger partial charge >= 0.3 is 5.97 Å². The summed E-state index contributed by atoms with van der Waals surface area (Å²) >= 11 is 0. The first-order valence-electron chi connectivity index (χ1n) is 12.0. The number of hydrogen-bond donors (Lipinski definition) is 3. The second-order valence-electron chi connectivity index (χ2n) is 8.44. The van der Waals surface area contributed by atoms with Crippen LogP contribution in [0.1, 0.15) is 96.8 Å². The summed E-state index contributed by atoms with van der Waals surface area (Å²) in [5.41, 5.74) is 0. The molecule has 4 atom stereocenters. The van der Waals surface area contributed by atoms with Crippen LogP contribution in [0.25, 0.3) is 0 Å². The molecule has 176 valence electrons. The number of unbranched alkanes of at least 4 members (excludes halogenated alkanes) is 11. The lowest BCUT2D eigenvalue weighted by molar-refractivity contribution is -0.201. The van der Waals surface area contributed by atoms with Gasteiger partial charge in [0.05, 0.1) is 6.61 Å². The van der Waals surface area contributed by atoms with Gasteiger partial charge in [-0.25, -0.2) is 0 Å². The fraction of sp³-hybridized carbons (Fsp3) is 0.875. The summed E-state index contributed by atoms with van der Waals surface area (Å²) in [4.78, 5) is 11.8. The van der Waals surface area contributed by atoms with Crippen LogP contribution in [0, 0.1) is 0 Å². The van der Waals surface area contributed by atoms with Crippen molar-refractivity contribution in [3.8, 4) is 0 Å². The van der Waals surface area contributed by atoms with Gasteiger partial charge in [0.15, 0.2) is 0 Å². The molecular weight excluding hydrogens is 384 g/mol. The number of carbonyl (C=O) groups excluding carboxylic acids is 1. The van der Waals surface area contributed by atoms with E-state index in [9.17, 15) is 20.1 Å². The van der Waals surface area contributed by atoms with Crippen molar-refractivity contribution in [1.29, 1.82) is 0 Å². The Morgan fingerprint density at radius 2 is 1.43 bits per heavy atom. The molecule has 0 aromatic heterocycles. The molecule has 0 amide bonds. The van der Waals surface area contributed by atoms with E-state index < -0.39 is 24.4 Å². The SMILES string of the molecule is CCCCCCCC/C=C\CCCCCCCC(=O)OC[C@H]1OC[C@H](O)[C@@H](O)[C@@H]1O. The molecule has 0 bridgehead atoms. The normalized spacial score (nSPS) is 24.4. The first kappa shape index (κ1) is 27.1. The predicted molar refractivity (Wildman–Crippen MR) is 118 cm³/mol. The fourth-order valence-electron chi connectivity index (χ4n) is 3.60. The third-order valence-electron chi connectivity index (χ3n) is 5.66. The van der Waals surface area contributed by atoms with E-state index in [1.807, 2.05) is 0 Å². The van der Waals surface area contributed by atoms with Crippen molar-refractivity contribution in [1.82, 2.24) is 0 Å². The van der Waals surface area contributed by atoms with Crippen LogP contribution in [-0.4, -0.2) is 58.9 Å². The van der Waals surface area contributed by atoms with Gasteiger partial charge in [0, 0.05) is 6.42 Å². The molecule has 0 saturated carbocycles. The lowest BCUT2D eigenvalue weighted by Gasteiger charge is -2.34. The Hall–Kier alpha value is -0.950. The Morgan fingerprint density at radius 1 is 0.867 bits per heavy atom. The number of aliphatic hydroxyl groups is 3. The molecule has 1 heterocycles. The summed E-state index contributed by atoms with van der Waals surface area (Å²) in [5, 5.41) is 28.8. The molecule has 0 radical (unpaired) electrons. The summed E-state index contributed by atoms with van der Waals surface area (Å²) in [5.74, 6) is -0.316. The minimum atomic E-state index is -1.27. The van der Waals surface area contributed by atoms with Gasteiger partial charge < -0.3 is 24.8 Å². The van der Waals surface area contributed by atoms with Gasteiger partial charge in [0.1, 0.15) is 31.0 Å². The second-order valence-corrected chi connectivity index (χ2v) is 8.44. The van der Waals surface area contributed by atoms with E-state index in [0.29, 0.717) is 6.42 Å². The Morgan fingerprint density at radius 3 is 2.07 bits per heavy atom. The van der Waals surface area contributed by atoms with Gasteiger partial charge in [-0.3, -0.25) is 4.79 Å². The van der Waals surface area contributed by atoms with E-state index >= 15 is 0 Å². The fourth-order valence-corrected chi connectivity index (χ4v) is 3.60. The number of hydrogen-bond acceptors (Lipinski definition) is 6. The molecule has 1 fully saturated rings. The van der Waals surface area contributed by atoms with Crippen molar-refractivity contribution in [2.75, 3.05) is 13.2 Å². The Bertz CT molecular complexity index is 453. The number of carbonyl (C=O) groups is 1. The third kappa shape index (κ3) is 12.7. The molecule has 6 nitrogen and oxygen atoms in total. The number of aliphatic hydroxyl groups excluding tert-OH is 3. The molecule has 6 heteroatoms. The predicted octanol–water partition coefficient (Wildman–Crippen LogP) is 4.05. The summed E-state index contributed by atoms with van der Waals surface area (Å²) in [6, 6.07) is 0. The molecule has 0 aliphatic carbocycles. The maximum atomic E-state index is 11.8. The van der Waals surface area contributed by atoms with E-state index in [1.165, 1.54) is 57.8 Å². The first-order valence-corrected chi connectivity index (χ1v) is 12.0. The first-order chi connectivity index (χ1) is 14.6. The van der Waals surface area contributed by atoms with Gasteiger partial charge in [-0.1, -0.05) is 70.4 Å². The van der Waals surface area contributed by atoms with Gasteiger partial charge in [0.25, 0.3) is 0 Å². The molecule has 1 rings (SSSR count). The van der Waals surface area contributed by atoms with Crippen LogP contribution in [0.4, 0.5) is 0 Å². The van der Waals surface area contributed by atoms with Crippen LogP contribution in [0.5, 0.6) is 0 Å². The van der Waals surface area contributed by atoms with E-state index in [-0.39, 0.29) is 19.2 Å². The van der Waals surface area contributed by atoms with E-state index in [0.717, 1.165) is 25.7 Å². The Kier molecular flexibility index (Phi) is 16.0. The largest absolute Gasteiger partial charge is 0.463 e. The van der Waals surface area contributed by atoms with Crippen molar-refractivity contribution in [3.05, 3.63) is 12.2 Å². The van der Waals surface area contributed by atoms with E-state index in [2.05, 4.69) is 19.1 Å². The van der Waals surface area contributed by atoms with Gasteiger partial charge in [-0.15, -0.1) is 0 Å². The summed E-state index contributed by atoms with van der Waals surface area (Å²) in [6.45, 7) is 2.07. The summed E-state index contributed by atoms with van der Waals surface area (Å²) < 4.78 is 10.3. The number of allylic oxidation sites excluding steroid dienone is 2. The molecule has 1 saturated heterocycles. The number of ether oxygens (including phenoxy) is 2. The summed E-state index contributed by atoms with van der Waals surface area (Å²) in [7, 11) is 0. The average Bonchev–Trinajstić information content (AvgIpc) is 2.74. The lowest BCUT2D eigenvalue weighted by atomic mass is 10.0. The van der Waals surface area contributed by atoms with Gasteiger partial charge in [-0.2, -0.15) is 0 Å². The van der Waals surface area contributed by atoms with Crippen molar-refractivity contribution >= 4 is 5.97 Å². The number of rotatable bonds is 17. The smallest absolute Gasteiger partial charge is 0.305 e. The standard InChI is InChI=1S/C24H44O6/c1-2-3-4-5-6-7-8-9-10-11-12-13-14-15-16-17-22(26)30-19-21-24(28)23(27)20(25)18-29-21/h9-10,20-21,23-25,27-28H,2-8,11-19H2,1H3/b10-9-/t20-,21+,23+,24+/m0/s1. The van der Waals surface area contributed by atoms with Gasteiger partial charge in [0.2, 0.25) is 0 Å². The molecule has 0 aromatic rings. The maximum Gasteiger partial charge on any atom is 0.305 e. The summed E-state index contributed by atoms with van der Waals surface area (Å²) in [6.07, 6.45) is 16.3. The van der Waals surface area contributed by atoms with Gasteiger partial charge in [-0.05, 0) is 32.1 Å². The van der Waals surface area contributed by atoms with E-state index in [4.69, 9.17) is 9.47 Å². The van der Waals surface area contributed by atoms with Crippen LogP contribution >= 0.6 is 0 Å². The Labute approximate surface area is 182 Å². The van der Waals surface area contributed by atoms with Crippen molar-refractivity contribution in [2.45, 2.75) is 121 Å².